The summed E-state index contributed by atoms with van der Waals surface area (Å²) < 4.78 is 28.1. The zero-order valence-corrected chi connectivity index (χ0v) is 11.6. The van der Waals surface area contributed by atoms with Crippen molar-refractivity contribution in [3.8, 4) is 0 Å². The topological polar surface area (TPSA) is 96.8 Å². The molecule has 0 radical (unpaired) electrons. The summed E-state index contributed by atoms with van der Waals surface area (Å²) in [6.07, 6.45) is 1.57. The van der Waals surface area contributed by atoms with Gasteiger partial charge in [0, 0.05) is 18.9 Å². The van der Waals surface area contributed by atoms with Crippen LogP contribution >= 0.6 is 11.3 Å². The Hall–Kier alpha value is -1.61. The predicted octanol–water partition coefficient (Wildman–Crippen LogP) is 0.588. The highest BCUT2D eigenvalue weighted by Gasteiger charge is 2.22. The van der Waals surface area contributed by atoms with E-state index in [0.29, 0.717) is 28.4 Å². The van der Waals surface area contributed by atoms with Crippen LogP contribution in [0.25, 0.3) is 0 Å². The molecule has 0 unspecified atom stereocenters. The van der Waals surface area contributed by atoms with Crippen molar-refractivity contribution in [2.24, 2.45) is 7.05 Å². The van der Waals surface area contributed by atoms with Gasteiger partial charge in [0.15, 0.2) is 4.21 Å². The van der Waals surface area contributed by atoms with E-state index in [4.69, 9.17) is 0 Å². The molecular formula is C9H12N4O3S2. The molecule has 0 saturated heterocycles. The van der Waals surface area contributed by atoms with E-state index in [1.54, 1.807) is 27.1 Å². The monoisotopic (exact) mass is 288 g/mol. The predicted molar refractivity (Wildman–Crippen MR) is 68.4 cm³/mol. The Kier molecular flexibility index (Phi) is 3.03. The standard InChI is InChI=1S/C9H12N4O3S2/c1-5-7(4-13(3)11-5)12-18(15,16)8-6(2)10-9(14)17-8/h4,12H,1-3H3,(H,10,14). The molecule has 18 heavy (non-hydrogen) atoms. The van der Waals surface area contributed by atoms with Gasteiger partial charge in [-0.3, -0.25) is 14.2 Å². The lowest BCUT2D eigenvalue weighted by Gasteiger charge is -2.04. The summed E-state index contributed by atoms with van der Waals surface area (Å²) >= 11 is 0.664. The number of thiazole rings is 1. The number of aromatic amines is 1. The van der Waals surface area contributed by atoms with Gasteiger partial charge in [0.25, 0.3) is 10.0 Å². The van der Waals surface area contributed by atoms with Gasteiger partial charge < -0.3 is 4.98 Å². The first-order chi connectivity index (χ1) is 8.29. The lowest BCUT2D eigenvalue weighted by molar-refractivity contribution is 0.602. The van der Waals surface area contributed by atoms with Crippen molar-refractivity contribution in [1.29, 1.82) is 0 Å². The molecule has 0 aliphatic rings. The van der Waals surface area contributed by atoms with Gasteiger partial charge in [-0.05, 0) is 13.8 Å². The highest BCUT2D eigenvalue weighted by Crippen LogP contribution is 2.21. The van der Waals surface area contributed by atoms with E-state index in [2.05, 4.69) is 14.8 Å². The lowest BCUT2D eigenvalue weighted by Crippen LogP contribution is -2.13. The molecule has 2 rings (SSSR count). The summed E-state index contributed by atoms with van der Waals surface area (Å²) in [5, 5.41) is 4.04. The molecule has 2 aromatic rings. The first kappa shape index (κ1) is 12.8. The second-order valence-corrected chi connectivity index (χ2v) is 6.70. The fourth-order valence-electron chi connectivity index (χ4n) is 1.54. The number of aromatic nitrogens is 3. The number of hydrogen-bond acceptors (Lipinski definition) is 5. The average Bonchev–Trinajstić information content (AvgIpc) is 2.70. The van der Waals surface area contributed by atoms with Gasteiger partial charge in [-0.2, -0.15) is 5.10 Å². The molecule has 2 aromatic heterocycles. The van der Waals surface area contributed by atoms with Crippen LogP contribution in [0.4, 0.5) is 5.69 Å². The van der Waals surface area contributed by atoms with Crippen LogP contribution < -0.4 is 9.60 Å². The highest BCUT2D eigenvalue weighted by molar-refractivity contribution is 7.94. The van der Waals surface area contributed by atoms with Gasteiger partial charge in [-0.15, -0.1) is 0 Å². The Bertz CT molecular complexity index is 738. The SMILES string of the molecule is Cc1nn(C)cc1NS(=O)(=O)c1sc(=O)[nH]c1C. The first-order valence-corrected chi connectivity index (χ1v) is 7.32. The number of anilines is 1. The maximum absolute atomic E-state index is 12.1. The summed E-state index contributed by atoms with van der Waals surface area (Å²) in [5.41, 5.74) is 1.30. The van der Waals surface area contributed by atoms with Crippen LogP contribution in [0, 0.1) is 13.8 Å². The van der Waals surface area contributed by atoms with E-state index in [9.17, 15) is 13.2 Å². The zero-order valence-electron chi connectivity index (χ0n) is 10.0. The molecule has 9 heteroatoms. The van der Waals surface area contributed by atoms with Crippen molar-refractivity contribution in [2.45, 2.75) is 18.1 Å². The van der Waals surface area contributed by atoms with Gasteiger partial charge in [0.05, 0.1) is 11.4 Å². The molecule has 0 saturated carbocycles. The molecular weight excluding hydrogens is 276 g/mol. The molecule has 2 N–H and O–H groups in total. The fraction of sp³-hybridized carbons (Fsp3) is 0.333. The number of hydrogen-bond donors (Lipinski definition) is 2. The lowest BCUT2D eigenvalue weighted by atomic mass is 10.4. The molecule has 0 amide bonds. The molecule has 0 fully saturated rings. The third-order valence-corrected chi connectivity index (χ3v) is 5.25. The smallest absolute Gasteiger partial charge is 0.306 e. The van der Waals surface area contributed by atoms with Crippen molar-refractivity contribution in [3.05, 3.63) is 27.3 Å². The Morgan fingerprint density at radius 3 is 2.56 bits per heavy atom. The van der Waals surface area contributed by atoms with Crippen LogP contribution in [0.5, 0.6) is 0 Å². The average molecular weight is 288 g/mol. The molecule has 0 spiro atoms. The van der Waals surface area contributed by atoms with Crippen LogP contribution in [0.3, 0.4) is 0 Å². The second-order valence-electron chi connectivity index (χ2n) is 3.83. The van der Waals surface area contributed by atoms with Crippen molar-refractivity contribution < 1.29 is 8.42 Å². The number of nitrogens with zero attached hydrogens (tertiary/aromatic N) is 2. The van der Waals surface area contributed by atoms with Gasteiger partial charge in [-0.1, -0.05) is 11.3 Å². The molecule has 0 aliphatic heterocycles. The first-order valence-electron chi connectivity index (χ1n) is 5.02. The Labute approximate surface area is 108 Å². The minimum atomic E-state index is -3.75. The van der Waals surface area contributed by atoms with Crippen LogP contribution in [0.15, 0.2) is 15.2 Å². The van der Waals surface area contributed by atoms with Crippen LogP contribution in [-0.2, 0) is 17.1 Å². The molecule has 98 valence electrons. The normalized spacial score (nSPS) is 11.7. The summed E-state index contributed by atoms with van der Waals surface area (Å²) in [4.78, 5) is 13.2. The van der Waals surface area contributed by atoms with E-state index in [1.807, 2.05) is 0 Å². The minimum Gasteiger partial charge on any atom is -0.315 e. The van der Waals surface area contributed by atoms with Crippen LogP contribution in [-0.4, -0.2) is 23.2 Å². The van der Waals surface area contributed by atoms with Gasteiger partial charge >= 0.3 is 4.87 Å². The van der Waals surface area contributed by atoms with Crippen molar-refractivity contribution in [3.63, 3.8) is 0 Å². The van der Waals surface area contributed by atoms with Gasteiger partial charge in [0.1, 0.15) is 0 Å². The minimum absolute atomic E-state index is 0.00393. The molecule has 0 aliphatic carbocycles. The second kappa shape index (κ2) is 4.25. The van der Waals surface area contributed by atoms with Crippen molar-refractivity contribution in [2.75, 3.05) is 4.72 Å². The third-order valence-electron chi connectivity index (χ3n) is 2.28. The van der Waals surface area contributed by atoms with Gasteiger partial charge in [0.2, 0.25) is 0 Å². The number of aryl methyl sites for hydroxylation is 3. The number of nitrogens with one attached hydrogen (secondary N) is 2. The highest BCUT2D eigenvalue weighted by atomic mass is 32.2. The van der Waals surface area contributed by atoms with E-state index >= 15 is 0 Å². The van der Waals surface area contributed by atoms with Crippen molar-refractivity contribution >= 4 is 27.0 Å². The maximum atomic E-state index is 12.1. The van der Waals surface area contributed by atoms with Crippen LogP contribution in [0.1, 0.15) is 11.4 Å². The molecule has 7 nitrogen and oxygen atoms in total. The molecule has 2 heterocycles. The van der Waals surface area contributed by atoms with Gasteiger partial charge in [-0.25, -0.2) is 8.42 Å². The number of H-pyrrole nitrogens is 1. The van der Waals surface area contributed by atoms with Crippen LogP contribution in [0.2, 0.25) is 0 Å². The van der Waals surface area contributed by atoms with E-state index in [0.717, 1.165) is 0 Å². The Morgan fingerprint density at radius 1 is 1.44 bits per heavy atom. The van der Waals surface area contributed by atoms with E-state index < -0.39 is 14.9 Å². The zero-order chi connectivity index (χ0) is 13.5. The number of sulfonamides is 1. The number of rotatable bonds is 3. The Morgan fingerprint density at radius 2 is 2.11 bits per heavy atom. The molecule has 0 bridgehead atoms. The fourth-order valence-corrected chi connectivity index (χ4v) is 3.94. The van der Waals surface area contributed by atoms with E-state index in [1.165, 1.54) is 4.68 Å². The summed E-state index contributed by atoms with van der Waals surface area (Å²) in [5.74, 6) is 0. The summed E-state index contributed by atoms with van der Waals surface area (Å²) in [6, 6.07) is 0. The Balaban J connectivity index is 2.42. The van der Waals surface area contributed by atoms with Crippen molar-refractivity contribution in [1.82, 2.24) is 14.8 Å². The van der Waals surface area contributed by atoms with E-state index in [-0.39, 0.29) is 4.21 Å². The maximum Gasteiger partial charge on any atom is 0.306 e. The molecule has 0 aromatic carbocycles. The summed E-state index contributed by atoms with van der Waals surface area (Å²) in [6.45, 7) is 3.24. The largest absolute Gasteiger partial charge is 0.315 e. The third kappa shape index (κ3) is 2.31. The quantitative estimate of drug-likeness (QED) is 0.863. The summed E-state index contributed by atoms with van der Waals surface area (Å²) in [7, 11) is -2.05. The molecule has 0 atom stereocenters.